The molecule has 0 saturated carbocycles. The van der Waals surface area contributed by atoms with E-state index in [9.17, 15) is 14.4 Å². The molecule has 1 aromatic carbocycles. The number of urea groups is 1. The van der Waals surface area contributed by atoms with Crippen LogP contribution in [0.1, 0.15) is 38.7 Å². The van der Waals surface area contributed by atoms with Crippen molar-refractivity contribution in [2.24, 2.45) is 0 Å². The third-order valence-electron chi connectivity index (χ3n) is 3.90. The van der Waals surface area contributed by atoms with Crippen molar-refractivity contribution >= 4 is 17.8 Å². The SMILES string of the molecule is CCC/C=C/C=C/C#N.CCC1(c2ccccc2)C(=O)NC(=O)NC1=O. The molecule has 1 fully saturated rings. The van der Waals surface area contributed by atoms with Crippen molar-refractivity contribution in [3.63, 3.8) is 0 Å². The first-order chi connectivity index (χ1) is 12.5. The number of carbonyl (C=O) groups excluding carboxylic acids is 3. The van der Waals surface area contributed by atoms with Crippen LogP contribution >= 0.6 is 0 Å². The Labute approximate surface area is 153 Å². The number of nitriles is 1. The van der Waals surface area contributed by atoms with E-state index >= 15 is 0 Å². The average Bonchev–Trinajstić information content (AvgIpc) is 2.63. The maximum Gasteiger partial charge on any atom is 0.328 e. The first-order valence-electron chi connectivity index (χ1n) is 8.46. The van der Waals surface area contributed by atoms with Gasteiger partial charge in [-0.2, -0.15) is 5.26 Å². The maximum atomic E-state index is 12.0. The van der Waals surface area contributed by atoms with Crippen molar-refractivity contribution in [3.8, 4) is 6.07 Å². The Balaban J connectivity index is 0.000000321. The van der Waals surface area contributed by atoms with Crippen LogP contribution in [-0.4, -0.2) is 17.8 Å². The van der Waals surface area contributed by atoms with Crippen molar-refractivity contribution < 1.29 is 14.4 Å². The largest absolute Gasteiger partial charge is 0.328 e. The van der Waals surface area contributed by atoms with Crippen LogP contribution in [-0.2, 0) is 15.0 Å². The maximum absolute atomic E-state index is 12.0. The number of hydrogen-bond acceptors (Lipinski definition) is 4. The highest BCUT2D eigenvalue weighted by Gasteiger charge is 2.50. The highest BCUT2D eigenvalue weighted by Crippen LogP contribution is 2.30. The van der Waals surface area contributed by atoms with Gasteiger partial charge in [0.2, 0.25) is 11.8 Å². The van der Waals surface area contributed by atoms with E-state index in [0.29, 0.717) is 12.0 Å². The fraction of sp³-hybridized carbons (Fsp3) is 0.300. The summed E-state index contributed by atoms with van der Waals surface area (Å²) in [6, 6.07) is 9.87. The fourth-order valence-electron chi connectivity index (χ4n) is 2.50. The number of unbranched alkanes of at least 4 members (excludes halogenated alkanes) is 1. The summed E-state index contributed by atoms with van der Waals surface area (Å²) in [4.78, 5) is 35.0. The lowest BCUT2D eigenvalue weighted by atomic mass is 9.75. The number of amides is 4. The minimum absolute atomic E-state index is 0.294. The van der Waals surface area contributed by atoms with Crippen LogP contribution in [0.2, 0.25) is 0 Å². The van der Waals surface area contributed by atoms with Gasteiger partial charge < -0.3 is 0 Å². The summed E-state index contributed by atoms with van der Waals surface area (Å²) >= 11 is 0. The van der Waals surface area contributed by atoms with Crippen LogP contribution in [0.15, 0.2) is 54.6 Å². The van der Waals surface area contributed by atoms with Crippen molar-refractivity contribution in [2.45, 2.75) is 38.5 Å². The zero-order valence-corrected chi connectivity index (χ0v) is 15.0. The van der Waals surface area contributed by atoms with Gasteiger partial charge in [-0.3, -0.25) is 20.2 Å². The highest BCUT2D eigenvalue weighted by atomic mass is 16.2. The number of nitrogens with zero attached hydrogens (tertiary/aromatic N) is 1. The van der Waals surface area contributed by atoms with Gasteiger partial charge >= 0.3 is 6.03 Å². The molecule has 4 amide bonds. The number of hydrogen-bond donors (Lipinski definition) is 2. The Kier molecular flexibility index (Phi) is 8.51. The summed E-state index contributed by atoms with van der Waals surface area (Å²) in [5.41, 5.74) is -0.722. The van der Waals surface area contributed by atoms with Crippen LogP contribution in [0.3, 0.4) is 0 Å². The molecule has 0 atom stereocenters. The number of carbonyl (C=O) groups is 3. The predicted octanol–water partition coefficient (Wildman–Crippen LogP) is 3.12. The molecule has 6 heteroatoms. The van der Waals surface area contributed by atoms with Crippen LogP contribution in [0.4, 0.5) is 4.79 Å². The van der Waals surface area contributed by atoms with Gasteiger partial charge in [-0.15, -0.1) is 0 Å². The van der Waals surface area contributed by atoms with Crippen LogP contribution < -0.4 is 10.6 Å². The molecule has 1 aliphatic heterocycles. The Morgan fingerprint density at radius 3 is 2.15 bits per heavy atom. The Bertz CT molecular complexity index is 710. The topological polar surface area (TPSA) is 99.1 Å². The second-order valence-electron chi connectivity index (χ2n) is 5.57. The lowest BCUT2D eigenvalue weighted by Crippen LogP contribution is -2.64. The molecule has 26 heavy (non-hydrogen) atoms. The summed E-state index contributed by atoms with van der Waals surface area (Å²) in [7, 11) is 0. The van der Waals surface area contributed by atoms with Gasteiger partial charge in [-0.05, 0) is 18.4 Å². The van der Waals surface area contributed by atoms with E-state index in [4.69, 9.17) is 5.26 Å². The number of imide groups is 2. The van der Waals surface area contributed by atoms with E-state index in [0.717, 1.165) is 12.8 Å². The molecule has 1 aliphatic rings. The van der Waals surface area contributed by atoms with Gasteiger partial charge in [0.1, 0.15) is 0 Å². The number of benzene rings is 1. The third kappa shape index (κ3) is 5.15. The molecule has 0 bridgehead atoms. The molecular formula is C20H23N3O3. The summed E-state index contributed by atoms with van der Waals surface area (Å²) in [5, 5.41) is 12.3. The fourth-order valence-corrected chi connectivity index (χ4v) is 2.50. The quantitative estimate of drug-likeness (QED) is 0.482. The highest BCUT2D eigenvalue weighted by molar-refractivity contribution is 6.22. The average molecular weight is 353 g/mol. The Morgan fingerprint density at radius 1 is 1.04 bits per heavy atom. The molecule has 0 aromatic heterocycles. The van der Waals surface area contributed by atoms with Gasteiger partial charge in [0, 0.05) is 6.08 Å². The van der Waals surface area contributed by atoms with Gasteiger partial charge in [-0.1, -0.05) is 68.8 Å². The molecule has 1 saturated heterocycles. The number of rotatable bonds is 5. The third-order valence-corrected chi connectivity index (χ3v) is 3.90. The Hall–Kier alpha value is -3.20. The Morgan fingerprint density at radius 2 is 1.65 bits per heavy atom. The molecule has 1 heterocycles. The first-order valence-corrected chi connectivity index (χ1v) is 8.46. The molecule has 0 radical (unpaired) electrons. The zero-order chi connectivity index (χ0) is 19.4. The van der Waals surface area contributed by atoms with Gasteiger partial charge in [0.25, 0.3) is 0 Å². The van der Waals surface area contributed by atoms with Crippen LogP contribution in [0.25, 0.3) is 0 Å². The molecule has 2 N–H and O–H groups in total. The summed E-state index contributed by atoms with van der Waals surface area (Å²) in [6.07, 6.45) is 9.71. The smallest absolute Gasteiger partial charge is 0.277 e. The first kappa shape index (κ1) is 20.8. The molecule has 0 unspecified atom stereocenters. The molecule has 1 aromatic rings. The summed E-state index contributed by atoms with van der Waals surface area (Å²) < 4.78 is 0. The van der Waals surface area contributed by atoms with E-state index in [1.165, 1.54) is 6.08 Å². The molecule has 2 rings (SSSR count). The number of nitrogens with one attached hydrogen (secondary N) is 2. The van der Waals surface area contributed by atoms with Gasteiger partial charge in [0.05, 0.1) is 6.07 Å². The van der Waals surface area contributed by atoms with E-state index in [-0.39, 0.29) is 0 Å². The second kappa shape index (κ2) is 10.6. The van der Waals surface area contributed by atoms with E-state index in [2.05, 4.69) is 17.6 Å². The molecule has 0 aliphatic carbocycles. The van der Waals surface area contributed by atoms with E-state index < -0.39 is 23.3 Å². The van der Waals surface area contributed by atoms with Crippen LogP contribution in [0, 0.1) is 11.3 Å². The van der Waals surface area contributed by atoms with Gasteiger partial charge in [0.15, 0.2) is 5.41 Å². The minimum Gasteiger partial charge on any atom is -0.277 e. The second-order valence-corrected chi connectivity index (χ2v) is 5.57. The standard InChI is InChI=1S/C12H12N2O3.C8H11N/c1-2-12(8-6-4-3-5-7-8)9(15)13-11(17)14-10(12)16;1-2-3-4-5-6-7-8-9/h3-7H,2H2,1H3,(H2,13,14,15,16,17);4-7H,2-3H2,1H3/b;5-4+,7-6+. The number of barbiturate groups is 1. The molecule has 0 spiro atoms. The monoisotopic (exact) mass is 353 g/mol. The predicted molar refractivity (Wildman–Crippen MR) is 98.9 cm³/mol. The lowest BCUT2D eigenvalue weighted by Gasteiger charge is -2.33. The summed E-state index contributed by atoms with van der Waals surface area (Å²) in [5.74, 6) is -1.14. The normalized spacial score (nSPS) is 15.8. The molecule has 6 nitrogen and oxygen atoms in total. The lowest BCUT2D eigenvalue weighted by molar-refractivity contribution is -0.138. The molecular weight excluding hydrogens is 330 g/mol. The van der Waals surface area contributed by atoms with Crippen molar-refractivity contribution in [3.05, 3.63) is 60.2 Å². The zero-order valence-electron chi connectivity index (χ0n) is 15.0. The van der Waals surface area contributed by atoms with Gasteiger partial charge in [-0.25, -0.2) is 4.79 Å². The van der Waals surface area contributed by atoms with E-state index in [1.807, 2.05) is 18.2 Å². The van der Waals surface area contributed by atoms with Crippen LogP contribution in [0.5, 0.6) is 0 Å². The number of allylic oxidation sites excluding steroid dienone is 4. The molecule has 136 valence electrons. The van der Waals surface area contributed by atoms with Crippen molar-refractivity contribution in [1.82, 2.24) is 10.6 Å². The van der Waals surface area contributed by atoms with Crippen molar-refractivity contribution in [1.29, 1.82) is 5.26 Å². The minimum atomic E-state index is -1.31. The summed E-state index contributed by atoms with van der Waals surface area (Å²) in [6.45, 7) is 3.86. The van der Waals surface area contributed by atoms with E-state index in [1.54, 1.807) is 43.3 Å². The van der Waals surface area contributed by atoms with Crippen molar-refractivity contribution in [2.75, 3.05) is 0 Å².